The molecule has 1 saturated heterocycles. The second-order valence-corrected chi connectivity index (χ2v) is 8.78. The van der Waals surface area contributed by atoms with Crippen LogP contribution in [-0.4, -0.2) is 84.1 Å². The van der Waals surface area contributed by atoms with E-state index in [-0.39, 0.29) is 22.8 Å². The Morgan fingerprint density at radius 1 is 0.769 bits per heavy atom. The summed E-state index contributed by atoms with van der Waals surface area (Å²) in [6.07, 6.45) is -4.33. The second kappa shape index (κ2) is 11.5. The van der Waals surface area contributed by atoms with Gasteiger partial charge in [0.2, 0.25) is 6.29 Å². The molecule has 1 aliphatic rings. The van der Waals surface area contributed by atoms with E-state index in [1.807, 2.05) is 0 Å². The van der Waals surface area contributed by atoms with Crippen LogP contribution in [0.15, 0.2) is 54.6 Å². The number of phenols is 5. The number of carbonyl (C=O) groups excluding carboxylic acids is 1. The molecule has 1 heterocycles. The molecule has 0 spiro atoms. The van der Waals surface area contributed by atoms with E-state index in [4.69, 9.17) is 14.2 Å². The molecule has 0 amide bonds. The smallest absolute Gasteiger partial charge is 0.338 e. The van der Waals surface area contributed by atoms with Crippen LogP contribution in [-0.2, 0) is 9.47 Å². The Balaban J connectivity index is 1.38. The summed E-state index contributed by atoms with van der Waals surface area (Å²) in [7, 11) is 0. The molecule has 0 radical (unpaired) electrons. The molecule has 4 rings (SSSR count). The fourth-order valence-electron chi connectivity index (χ4n) is 3.81. The molecule has 3 aromatic carbocycles. The maximum atomic E-state index is 12.3. The van der Waals surface area contributed by atoms with Crippen molar-refractivity contribution in [2.45, 2.75) is 30.7 Å². The van der Waals surface area contributed by atoms with E-state index >= 15 is 0 Å². The minimum atomic E-state index is -1.70. The Morgan fingerprint density at radius 2 is 1.36 bits per heavy atom. The van der Waals surface area contributed by atoms with Crippen LogP contribution in [0.4, 0.5) is 0 Å². The summed E-state index contributed by atoms with van der Waals surface area (Å²) in [5.41, 5.74) is 1.02. The standard InChI is InChI=1S/C27H26O12/c28-16-7-14(8-17(29)11-16)2-1-13-3-5-18(6-4-13)38-27-25(35)24(34)23(33)21(39-27)12-37-26(36)15-9-19(30)22(32)20(31)10-15/h1-11,21,23-25,27-35H,12H2/b2-1+/t21-,23-,24+,25-,27-/m1/s1. The van der Waals surface area contributed by atoms with Gasteiger partial charge in [-0.15, -0.1) is 0 Å². The molecule has 0 unspecified atom stereocenters. The van der Waals surface area contributed by atoms with E-state index in [0.29, 0.717) is 5.56 Å². The summed E-state index contributed by atoms with van der Waals surface area (Å²) in [4.78, 5) is 12.3. The molecule has 0 aliphatic carbocycles. The van der Waals surface area contributed by atoms with Gasteiger partial charge in [-0.05, 0) is 47.5 Å². The van der Waals surface area contributed by atoms with E-state index in [0.717, 1.165) is 17.7 Å². The van der Waals surface area contributed by atoms with Crippen molar-refractivity contribution in [3.8, 4) is 34.5 Å². The normalized spacial score (nSPS) is 23.0. The third-order valence-electron chi connectivity index (χ3n) is 5.88. The third-order valence-corrected chi connectivity index (χ3v) is 5.88. The number of esters is 1. The topological polar surface area (TPSA) is 207 Å². The van der Waals surface area contributed by atoms with E-state index in [2.05, 4.69) is 0 Å². The molecule has 12 nitrogen and oxygen atoms in total. The van der Waals surface area contributed by atoms with Gasteiger partial charge in [0.15, 0.2) is 17.2 Å². The van der Waals surface area contributed by atoms with Gasteiger partial charge in [0, 0.05) is 6.07 Å². The maximum Gasteiger partial charge on any atom is 0.338 e. The summed E-state index contributed by atoms with van der Waals surface area (Å²) in [6, 6.07) is 12.4. The Hall–Kier alpha value is -4.49. The van der Waals surface area contributed by atoms with Crippen LogP contribution in [0, 0.1) is 0 Å². The highest BCUT2D eigenvalue weighted by Crippen LogP contribution is 2.35. The van der Waals surface area contributed by atoms with Gasteiger partial charge in [-0.2, -0.15) is 0 Å². The van der Waals surface area contributed by atoms with E-state index in [1.54, 1.807) is 36.4 Å². The van der Waals surface area contributed by atoms with Gasteiger partial charge >= 0.3 is 5.97 Å². The lowest BCUT2D eigenvalue weighted by Crippen LogP contribution is -2.60. The number of hydrogen-bond acceptors (Lipinski definition) is 12. The predicted octanol–water partition coefficient (Wildman–Crippen LogP) is 1.43. The largest absolute Gasteiger partial charge is 0.508 e. The van der Waals surface area contributed by atoms with Gasteiger partial charge in [-0.1, -0.05) is 24.3 Å². The molecular weight excluding hydrogens is 516 g/mol. The lowest BCUT2D eigenvalue weighted by atomic mass is 9.99. The van der Waals surface area contributed by atoms with E-state index < -0.39 is 60.5 Å². The van der Waals surface area contributed by atoms with Crippen molar-refractivity contribution in [1.29, 1.82) is 0 Å². The number of ether oxygens (including phenoxy) is 3. The number of aliphatic hydroxyl groups excluding tert-OH is 3. The Labute approximate surface area is 221 Å². The zero-order valence-corrected chi connectivity index (χ0v) is 20.2. The highest BCUT2D eigenvalue weighted by Gasteiger charge is 2.45. The fourth-order valence-corrected chi connectivity index (χ4v) is 3.81. The first-order valence-electron chi connectivity index (χ1n) is 11.6. The van der Waals surface area contributed by atoms with E-state index in [1.165, 1.54) is 18.2 Å². The number of aliphatic hydroxyl groups is 3. The van der Waals surface area contributed by atoms with Gasteiger partial charge in [0.25, 0.3) is 0 Å². The summed E-state index contributed by atoms with van der Waals surface area (Å²) in [5.74, 6) is -3.24. The van der Waals surface area contributed by atoms with Crippen molar-refractivity contribution in [3.63, 3.8) is 0 Å². The number of aromatic hydroxyl groups is 5. The maximum absolute atomic E-state index is 12.3. The van der Waals surface area contributed by atoms with E-state index in [9.17, 15) is 45.6 Å². The molecule has 1 fully saturated rings. The van der Waals surface area contributed by atoms with Gasteiger partial charge in [-0.3, -0.25) is 0 Å². The van der Waals surface area contributed by atoms with Crippen LogP contribution in [0.2, 0.25) is 0 Å². The quantitative estimate of drug-likeness (QED) is 0.121. The van der Waals surface area contributed by atoms with Gasteiger partial charge < -0.3 is 55.1 Å². The molecule has 39 heavy (non-hydrogen) atoms. The molecule has 3 aromatic rings. The van der Waals surface area contributed by atoms with Crippen LogP contribution >= 0.6 is 0 Å². The highest BCUT2D eigenvalue weighted by atomic mass is 16.7. The van der Waals surface area contributed by atoms with Crippen molar-refractivity contribution in [3.05, 3.63) is 71.3 Å². The summed E-state index contributed by atoms with van der Waals surface area (Å²) < 4.78 is 16.2. The number of carbonyl (C=O) groups is 1. The second-order valence-electron chi connectivity index (χ2n) is 8.78. The number of phenolic OH excluding ortho intramolecular Hbond substituents is 5. The van der Waals surface area contributed by atoms with Gasteiger partial charge in [0.05, 0.1) is 5.56 Å². The van der Waals surface area contributed by atoms with Crippen LogP contribution in [0.5, 0.6) is 34.5 Å². The summed E-state index contributed by atoms with van der Waals surface area (Å²) in [5, 5.41) is 78.6. The Morgan fingerprint density at radius 3 is 1.97 bits per heavy atom. The van der Waals surface area contributed by atoms with Gasteiger partial charge in [0.1, 0.15) is 48.3 Å². The number of benzene rings is 3. The SMILES string of the molecule is O=C(OC[C@H]1O[C@@H](Oc2ccc(/C=C/c3cc(O)cc(O)c3)cc2)[C@H](O)[C@@H](O)[C@@H]1O)c1cc(O)c(O)c(O)c1. The average Bonchev–Trinajstić information content (AvgIpc) is 2.90. The van der Waals surface area contributed by atoms with Crippen molar-refractivity contribution >= 4 is 18.1 Å². The van der Waals surface area contributed by atoms with Crippen LogP contribution in [0.25, 0.3) is 12.2 Å². The number of rotatable bonds is 7. The minimum Gasteiger partial charge on any atom is -0.508 e. The van der Waals surface area contributed by atoms with Crippen molar-refractivity contribution < 1.29 is 59.9 Å². The predicted molar refractivity (Wildman–Crippen MR) is 134 cm³/mol. The number of hydrogen-bond donors (Lipinski definition) is 8. The first-order valence-corrected chi connectivity index (χ1v) is 11.6. The van der Waals surface area contributed by atoms with Crippen molar-refractivity contribution in [2.75, 3.05) is 6.61 Å². The molecule has 5 atom stereocenters. The molecule has 0 saturated carbocycles. The lowest BCUT2D eigenvalue weighted by Gasteiger charge is -2.39. The third kappa shape index (κ3) is 6.51. The molecular formula is C27H26O12. The monoisotopic (exact) mass is 542 g/mol. The zero-order chi connectivity index (χ0) is 28.3. The van der Waals surface area contributed by atoms with Crippen LogP contribution in [0.1, 0.15) is 21.5 Å². The molecule has 0 aromatic heterocycles. The Bertz CT molecular complexity index is 1310. The van der Waals surface area contributed by atoms with Crippen LogP contribution < -0.4 is 4.74 Å². The van der Waals surface area contributed by atoms with Gasteiger partial charge in [-0.25, -0.2) is 4.79 Å². The first kappa shape index (κ1) is 27.5. The first-order chi connectivity index (χ1) is 18.5. The zero-order valence-electron chi connectivity index (χ0n) is 20.2. The molecule has 12 heteroatoms. The van der Waals surface area contributed by atoms with Crippen molar-refractivity contribution in [1.82, 2.24) is 0 Å². The Kier molecular flexibility index (Phi) is 8.12. The minimum absolute atomic E-state index is 0.0799. The molecule has 1 aliphatic heterocycles. The lowest BCUT2D eigenvalue weighted by molar-refractivity contribution is -0.277. The summed E-state index contributed by atoms with van der Waals surface area (Å²) in [6.45, 7) is -0.583. The van der Waals surface area contributed by atoms with Crippen molar-refractivity contribution in [2.24, 2.45) is 0 Å². The average molecular weight is 542 g/mol. The molecule has 0 bridgehead atoms. The summed E-state index contributed by atoms with van der Waals surface area (Å²) >= 11 is 0. The highest BCUT2D eigenvalue weighted by molar-refractivity contribution is 5.91. The molecule has 8 N–H and O–H groups in total. The molecule has 206 valence electrons. The van der Waals surface area contributed by atoms with Crippen LogP contribution in [0.3, 0.4) is 0 Å². The fraction of sp³-hybridized carbons (Fsp3) is 0.222.